The lowest BCUT2D eigenvalue weighted by molar-refractivity contribution is 0.0292. The number of carbonyl (C=O) groups excluding carboxylic acids is 1. The van der Waals surface area contributed by atoms with Crippen LogP contribution in [0, 0.1) is 29.5 Å². The summed E-state index contributed by atoms with van der Waals surface area (Å²) < 4.78 is 71.7. The standard InChI is InChI=1S/C36H36F4N6O3/c1-35(2,3)49-34(47)45-15-11-23(20-45)44(4)32-25-18-41-30(24-8-5-7-21-9-10-26(38)28(39)27(21)24)29(40)31(25)42-33(43-32)48-16-13-36-12-6-14-46(36)19-22(37)17-36/h5,7-10,18,22-23H,6,11-12,14-15,17,19-20H2,1-4H3/t22-,23-,36?/m1/s1. The van der Waals surface area contributed by atoms with E-state index in [9.17, 15) is 13.6 Å². The summed E-state index contributed by atoms with van der Waals surface area (Å²) in [5, 5.41) is 0.500. The Morgan fingerprint density at radius 3 is 2.69 bits per heavy atom. The van der Waals surface area contributed by atoms with Gasteiger partial charge in [-0.2, -0.15) is 9.97 Å². The number of hydrogen-bond acceptors (Lipinski definition) is 8. The number of rotatable bonds is 4. The van der Waals surface area contributed by atoms with Crippen LogP contribution in [-0.2, 0) is 4.74 Å². The van der Waals surface area contributed by atoms with E-state index >= 15 is 8.78 Å². The van der Waals surface area contributed by atoms with E-state index in [4.69, 9.17) is 9.47 Å². The van der Waals surface area contributed by atoms with Crippen LogP contribution in [0.1, 0.15) is 46.5 Å². The highest BCUT2D eigenvalue weighted by Gasteiger charge is 2.48. The smallest absolute Gasteiger partial charge is 0.410 e. The highest BCUT2D eigenvalue weighted by Crippen LogP contribution is 2.40. The Bertz CT molecular complexity index is 2030. The number of fused-ring (bicyclic) bond motifs is 3. The SMILES string of the molecule is CN(c1nc(OC#CC23CCCN2C[C@H](F)C3)nc2c(F)c(-c3cccc4ccc(F)c(F)c34)ncc12)[C@@H]1CCN(C(=O)OC(C)(C)C)C1. The minimum absolute atomic E-state index is 0.0518. The van der Waals surface area contributed by atoms with Gasteiger partial charge in [-0.25, -0.2) is 22.4 Å². The van der Waals surface area contributed by atoms with Gasteiger partial charge in [-0.3, -0.25) is 9.88 Å². The zero-order valence-electron chi connectivity index (χ0n) is 27.7. The number of nitrogens with zero attached hydrogens (tertiary/aromatic N) is 6. The molecule has 5 heterocycles. The molecule has 4 aromatic rings. The molecule has 3 fully saturated rings. The minimum Gasteiger partial charge on any atom is -0.444 e. The van der Waals surface area contributed by atoms with Gasteiger partial charge in [0.15, 0.2) is 17.5 Å². The summed E-state index contributed by atoms with van der Waals surface area (Å²) in [5.74, 6) is 0.289. The molecule has 0 saturated carbocycles. The van der Waals surface area contributed by atoms with E-state index in [1.165, 1.54) is 18.3 Å². The number of halogens is 4. The zero-order chi connectivity index (χ0) is 34.7. The lowest BCUT2D eigenvalue weighted by atomic mass is 9.95. The number of hydrogen-bond donors (Lipinski definition) is 0. The molecule has 2 aromatic carbocycles. The van der Waals surface area contributed by atoms with Crippen molar-refractivity contribution in [3.05, 3.63) is 54.0 Å². The van der Waals surface area contributed by atoms with Crippen molar-refractivity contribution in [1.29, 1.82) is 0 Å². The van der Waals surface area contributed by atoms with E-state index < -0.39 is 40.9 Å². The molecule has 0 aliphatic carbocycles. The van der Waals surface area contributed by atoms with E-state index in [0.717, 1.165) is 19.0 Å². The number of amides is 1. The number of benzene rings is 2. The summed E-state index contributed by atoms with van der Waals surface area (Å²) in [4.78, 5) is 31.6. The van der Waals surface area contributed by atoms with Crippen LogP contribution in [0.4, 0.5) is 28.2 Å². The Morgan fingerprint density at radius 1 is 1.08 bits per heavy atom. The average Bonchev–Trinajstić information content (AvgIpc) is 3.76. The summed E-state index contributed by atoms with van der Waals surface area (Å²) in [7, 11) is 1.77. The van der Waals surface area contributed by atoms with Gasteiger partial charge in [0, 0.05) is 56.3 Å². The van der Waals surface area contributed by atoms with Crippen LogP contribution in [-0.4, -0.2) is 87.4 Å². The Hall–Kier alpha value is -4.70. The number of pyridine rings is 1. The third-order valence-corrected chi connectivity index (χ3v) is 9.56. The minimum atomic E-state index is -1.12. The van der Waals surface area contributed by atoms with Crippen molar-refractivity contribution < 1.29 is 31.8 Å². The van der Waals surface area contributed by atoms with E-state index in [1.54, 1.807) is 44.9 Å². The van der Waals surface area contributed by atoms with Gasteiger partial charge in [-0.1, -0.05) is 24.3 Å². The number of carbonyl (C=O) groups is 1. The molecule has 7 rings (SSSR count). The molecule has 3 aliphatic heterocycles. The molecule has 49 heavy (non-hydrogen) atoms. The number of aromatic nitrogens is 3. The van der Waals surface area contributed by atoms with E-state index in [0.29, 0.717) is 37.9 Å². The number of anilines is 1. The molecule has 1 unspecified atom stereocenters. The van der Waals surface area contributed by atoms with Crippen LogP contribution in [0.5, 0.6) is 6.01 Å². The Morgan fingerprint density at radius 2 is 1.90 bits per heavy atom. The van der Waals surface area contributed by atoms with Crippen molar-refractivity contribution in [2.75, 3.05) is 38.1 Å². The molecule has 256 valence electrons. The van der Waals surface area contributed by atoms with Crippen molar-refractivity contribution in [1.82, 2.24) is 24.8 Å². The summed E-state index contributed by atoms with van der Waals surface area (Å²) in [6.45, 7) is 7.23. The molecule has 0 N–H and O–H groups in total. The summed E-state index contributed by atoms with van der Waals surface area (Å²) in [5.41, 5.74) is -1.64. The molecule has 0 bridgehead atoms. The normalized spacial score (nSPS) is 22.3. The molecule has 1 amide bonds. The fourth-order valence-corrected chi connectivity index (χ4v) is 7.21. The first kappa shape index (κ1) is 32.8. The number of alkyl halides is 1. The van der Waals surface area contributed by atoms with Crippen LogP contribution in [0.25, 0.3) is 32.9 Å². The monoisotopic (exact) mass is 676 g/mol. The van der Waals surface area contributed by atoms with E-state index in [2.05, 4.69) is 27.0 Å². The Labute approximate surface area is 281 Å². The second-order valence-electron chi connectivity index (χ2n) is 14.0. The van der Waals surface area contributed by atoms with Crippen LogP contribution >= 0.6 is 0 Å². The molecule has 9 nitrogen and oxygen atoms in total. The van der Waals surface area contributed by atoms with E-state index in [-0.39, 0.29) is 51.8 Å². The van der Waals surface area contributed by atoms with Gasteiger partial charge in [0.2, 0.25) is 0 Å². The van der Waals surface area contributed by atoms with Crippen LogP contribution in [0.15, 0.2) is 36.5 Å². The molecule has 0 radical (unpaired) electrons. The predicted octanol–water partition coefficient (Wildman–Crippen LogP) is 6.62. The second-order valence-corrected chi connectivity index (χ2v) is 14.0. The third kappa shape index (κ3) is 6.07. The summed E-state index contributed by atoms with van der Waals surface area (Å²) in [6, 6.07) is 6.63. The van der Waals surface area contributed by atoms with Gasteiger partial charge < -0.3 is 19.3 Å². The molecule has 0 spiro atoms. The van der Waals surface area contributed by atoms with Gasteiger partial charge >= 0.3 is 12.1 Å². The van der Waals surface area contributed by atoms with Crippen LogP contribution < -0.4 is 9.64 Å². The largest absolute Gasteiger partial charge is 0.444 e. The summed E-state index contributed by atoms with van der Waals surface area (Å²) in [6.07, 6.45) is 5.10. The first-order valence-corrected chi connectivity index (χ1v) is 16.4. The molecule has 3 atom stereocenters. The van der Waals surface area contributed by atoms with Gasteiger partial charge in [0.1, 0.15) is 34.9 Å². The number of likely N-dealkylation sites (tertiary alicyclic amines) is 1. The zero-order valence-corrected chi connectivity index (χ0v) is 27.7. The molecular formula is C36H36F4N6O3. The lowest BCUT2D eigenvalue weighted by Crippen LogP contribution is -2.39. The van der Waals surface area contributed by atoms with Gasteiger partial charge in [0.25, 0.3) is 0 Å². The molecular weight excluding hydrogens is 640 g/mol. The van der Waals surface area contributed by atoms with Crippen molar-refractivity contribution in [2.45, 2.75) is 69.8 Å². The first-order valence-electron chi connectivity index (χ1n) is 16.4. The van der Waals surface area contributed by atoms with Crippen molar-refractivity contribution in [2.24, 2.45) is 0 Å². The maximum absolute atomic E-state index is 16.6. The van der Waals surface area contributed by atoms with Crippen molar-refractivity contribution >= 4 is 33.6 Å². The molecule has 13 heteroatoms. The Kier molecular flexibility index (Phi) is 8.25. The maximum atomic E-state index is 16.6. The predicted molar refractivity (Wildman–Crippen MR) is 176 cm³/mol. The van der Waals surface area contributed by atoms with Gasteiger partial charge in [-0.05, 0) is 64.0 Å². The molecule has 3 aliphatic rings. The highest BCUT2D eigenvalue weighted by molar-refractivity contribution is 5.99. The lowest BCUT2D eigenvalue weighted by Gasteiger charge is -2.28. The maximum Gasteiger partial charge on any atom is 0.410 e. The van der Waals surface area contributed by atoms with Crippen molar-refractivity contribution in [3.63, 3.8) is 0 Å². The van der Waals surface area contributed by atoms with E-state index in [1.807, 2.05) is 9.80 Å². The first-order chi connectivity index (χ1) is 23.3. The number of ether oxygens (including phenoxy) is 2. The topological polar surface area (TPSA) is 83.9 Å². The van der Waals surface area contributed by atoms with Gasteiger partial charge in [0.05, 0.1) is 10.9 Å². The molecule has 3 saturated heterocycles. The van der Waals surface area contributed by atoms with Crippen LogP contribution in [0.3, 0.4) is 0 Å². The van der Waals surface area contributed by atoms with Crippen molar-refractivity contribution in [3.8, 4) is 29.3 Å². The highest BCUT2D eigenvalue weighted by atomic mass is 19.2. The fraction of sp³-hybridized carbons (Fsp3) is 0.444. The Balaban J connectivity index is 1.30. The van der Waals surface area contributed by atoms with Crippen LogP contribution in [0.2, 0.25) is 0 Å². The fourth-order valence-electron chi connectivity index (χ4n) is 7.21. The number of likely N-dealkylation sites (N-methyl/N-ethyl adjacent to an activating group) is 1. The second kappa shape index (κ2) is 12.3. The third-order valence-electron chi connectivity index (χ3n) is 9.56. The quantitative estimate of drug-likeness (QED) is 0.176. The van der Waals surface area contributed by atoms with Gasteiger partial charge in [-0.15, -0.1) is 0 Å². The molecule has 2 aromatic heterocycles. The summed E-state index contributed by atoms with van der Waals surface area (Å²) >= 11 is 0. The average molecular weight is 677 g/mol.